The minimum atomic E-state index is -0.609. The van der Waals surface area contributed by atoms with E-state index in [1.807, 2.05) is 30.3 Å². The van der Waals surface area contributed by atoms with E-state index < -0.39 is 5.91 Å². The zero-order valence-corrected chi connectivity index (χ0v) is 12.3. The summed E-state index contributed by atoms with van der Waals surface area (Å²) in [5.41, 5.74) is 3.65. The fourth-order valence-corrected chi connectivity index (χ4v) is 1.86. The molecule has 2 N–H and O–H groups in total. The first kappa shape index (κ1) is 16.3. The molecule has 2 rings (SSSR count). The highest BCUT2D eigenvalue weighted by Crippen LogP contribution is 2.11. The van der Waals surface area contributed by atoms with E-state index in [2.05, 4.69) is 4.99 Å². The minimum absolute atomic E-state index is 0.0340. The van der Waals surface area contributed by atoms with Gasteiger partial charge >= 0.3 is 0 Å². The number of ketones is 1. The van der Waals surface area contributed by atoms with Crippen LogP contribution >= 0.6 is 0 Å². The van der Waals surface area contributed by atoms with E-state index in [9.17, 15) is 9.59 Å². The van der Waals surface area contributed by atoms with Crippen LogP contribution in [0, 0.1) is 0 Å². The molecule has 116 valence electrons. The van der Waals surface area contributed by atoms with Gasteiger partial charge in [-0.15, -0.1) is 0 Å². The Balaban J connectivity index is 1.94. The van der Waals surface area contributed by atoms with Crippen molar-refractivity contribution in [3.8, 4) is 0 Å². The number of hydrogen-bond acceptors (Lipinski definition) is 4. The van der Waals surface area contributed by atoms with Gasteiger partial charge in [0.1, 0.15) is 0 Å². The smallest absolute Gasteiger partial charge is 0.267 e. The maximum absolute atomic E-state index is 12.1. The third-order valence-corrected chi connectivity index (χ3v) is 3.04. The molecule has 0 spiro atoms. The van der Waals surface area contributed by atoms with E-state index in [0.29, 0.717) is 5.56 Å². The Morgan fingerprint density at radius 2 is 1.74 bits per heavy atom. The van der Waals surface area contributed by atoms with E-state index in [1.165, 1.54) is 17.6 Å². The Hall–Kier alpha value is -3.05. The van der Waals surface area contributed by atoms with Crippen LogP contribution < -0.4 is 5.48 Å². The van der Waals surface area contributed by atoms with Crippen molar-refractivity contribution in [2.24, 2.45) is 4.99 Å². The fourth-order valence-electron chi connectivity index (χ4n) is 1.86. The van der Waals surface area contributed by atoms with Gasteiger partial charge in [-0.2, -0.15) is 0 Å². The molecule has 5 heteroatoms. The van der Waals surface area contributed by atoms with Crippen molar-refractivity contribution < 1.29 is 14.8 Å². The Labute approximate surface area is 134 Å². The van der Waals surface area contributed by atoms with E-state index in [-0.39, 0.29) is 12.2 Å². The van der Waals surface area contributed by atoms with Crippen LogP contribution in [0.2, 0.25) is 0 Å². The van der Waals surface area contributed by atoms with Gasteiger partial charge in [0.15, 0.2) is 5.78 Å². The largest absolute Gasteiger partial charge is 0.294 e. The number of nitrogens with one attached hydrogen (secondary N) is 1. The molecule has 0 aliphatic rings. The first-order chi connectivity index (χ1) is 11.2. The first-order valence-electron chi connectivity index (χ1n) is 7.02. The quantitative estimate of drug-likeness (QED) is 0.283. The summed E-state index contributed by atoms with van der Waals surface area (Å²) in [4.78, 5) is 27.2. The summed E-state index contributed by atoms with van der Waals surface area (Å²) < 4.78 is 0. The molecule has 0 saturated heterocycles. The van der Waals surface area contributed by atoms with E-state index >= 15 is 0 Å². The number of Topliss-reactive ketones (excluding diaryl/α,β-unsaturated/α-hetero) is 1. The predicted molar refractivity (Wildman–Crippen MR) is 88.9 cm³/mol. The molecule has 5 nitrogen and oxygen atoms in total. The molecule has 0 saturated carbocycles. The van der Waals surface area contributed by atoms with Gasteiger partial charge < -0.3 is 0 Å². The highest BCUT2D eigenvalue weighted by Gasteiger charge is 2.03. The van der Waals surface area contributed by atoms with E-state index in [0.717, 1.165) is 11.3 Å². The van der Waals surface area contributed by atoms with Gasteiger partial charge in [-0.3, -0.25) is 19.8 Å². The summed E-state index contributed by atoms with van der Waals surface area (Å²) in [5.74, 6) is -0.643. The summed E-state index contributed by atoms with van der Waals surface area (Å²) in [6, 6.07) is 16.2. The number of amides is 1. The van der Waals surface area contributed by atoms with Gasteiger partial charge in [0.05, 0.1) is 5.69 Å². The maximum atomic E-state index is 12.1. The van der Waals surface area contributed by atoms with Crippen LogP contribution in [0.25, 0.3) is 6.08 Å². The summed E-state index contributed by atoms with van der Waals surface area (Å²) in [6.07, 6.45) is 4.55. The van der Waals surface area contributed by atoms with Crippen molar-refractivity contribution in [3.05, 3.63) is 71.8 Å². The lowest BCUT2D eigenvalue weighted by Gasteiger charge is -1.99. The highest BCUT2D eigenvalue weighted by molar-refractivity contribution is 6.04. The average Bonchev–Trinajstić information content (AvgIpc) is 2.61. The highest BCUT2D eigenvalue weighted by atomic mass is 16.5. The molecule has 0 radical (unpaired) electrons. The van der Waals surface area contributed by atoms with Crippen LogP contribution in [-0.4, -0.2) is 23.1 Å². The zero-order chi connectivity index (χ0) is 16.5. The second kappa shape index (κ2) is 8.41. The summed E-state index contributed by atoms with van der Waals surface area (Å²) in [5, 5.41) is 8.39. The van der Waals surface area contributed by atoms with Crippen molar-refractivity contribution in [2.75, 3.05) is 0 Å². The standard InChI is InChI=1S/C18H16N2O3/c21-17(12-13-19-16-4-2-1-3-5-16)15-9-6-14(7-10-15)8-11-18(22)20-23/h1-11,13,23H,12H2,(H,20,22)/b11-8+,19-13?. The number of aliphatic imine (C=N–C) groups is 1. The van der Waals surface area contributed by atoms with Gasteiger partial charge in [-0.1, -0.05) is 42.5 Å². The van der Waals surface area contributed by atoms with Crippen LogP contribution in [0.5, 0.6) is 0 Å². The lowest BCUT2D eigenvalue weighted by molar-refractivity contribution is -0.124. The molecule has 0 heterocycles. The van der Waals surface area contributed by atoms with Crippen molar-refractivity contribution in [1.82, 2.24) is 5.48 Å². The van der Waals surface area contributed by atoms with Gasteiger partial charge in [-0.05, 0) is 23.8 Å². The van der Waals surface area contributed by atoms with Crippen LogP contribution in [0.1, 0.15) is 22.3 Å². The van der Waals surface area contributed by atoms with Gasteiger partial charge in [-0.25, -0.2) is 5.48 Å². The molecular weight excluding hydrogens is 292 g/mol. The third-order valence-electron chi connectivity index (χ3n) is 3.04. The zero-order valence-electron chi connectivity index (χ0n) is 12.3. The molecule has 0 aromatic heterocycles. The molecule has 0 unspecified atom stereocenters. The molecule has 2 aromatic rings. The fraction of sp³-hybridized carbons (Fsp3) is 0.0556. The van der Waals surface area contributed by atoms with E-state index in [1.54, 1.807) is 30.5 Å². The molecule has 1 amide bonds. The number of carbonyl (C=O) groups is 2. The van der Waals surface area contributed by atoms with Crippen molar-refractivity contribution in [3.63, 3.8) is 0 Å². The lowest BCUT2D eigenvalue weighted by Crippen LogP contribution is -2.14. The number of rotatable bonds is 6. The molecular formula is C18H16N2O3. The number of carbonyl (C=O) groups excluding carboxylic acids is 2. The number of para-hydroxylation sites is 1. The molecule has 0 atom stereocenters. The molecule has 0 bridgehead atoms. The Morgan fingerprint density at radius 3 is 2.39 bits per heavy atom. The Morgan fingerprint density at radius 1 is 1.04 bits per heavy atom. The lowest BCUT2D eigenvalue weighted by atomic mass is 10.1. The topological polar surface area (TPSA) is 78.8 Å². The molecule has 0 fully saturated rings. The molecule has 0 aliphatic carbocycles. The second-order valence-corrected chi connectivity index (χ2v) is 4.71. The first-order valence-corrected chi connectivity index (χ1v) is 7.02. The number of hydrogen-bond donors (Lipinski definition) is 2. The summed E-state index contributed by atoms with van der Waals surface area (Å²) >= 11 is 0. The van der Waals surface area contributed by atoms with Crippen LogP contribution in [0.15, 0.2) is 65.7 Å². The maximum Gasteiger partial charge on any atom is 0.267 e. The SMILES string of the molecule is O=C(/C=C/c1ccc(C(=O)CC=Nc2ccccc2)cc1)NO. The van der Waals surface area contributed by atoms with E-state index in [4.69, 9.17) is 5.21 Å². The normalized spacial score (nSPS) is 11.0. The number of nitrogens with zero attached hydrogens (tertiary/aromatic N) is 1. The molecule has 2 aromatic carbocycles. The summed E-state index contributed by atoms with van der Waals surface area (Å²) in [6.45, 7) is 0. The van der Waals surface area contributed by atoms with Gasteiger partial charge in [0.2, 0.25) is 0 Å². The van der Waals surface area contributed by atoms with Crippen LogP contribution in [0.3, 0.4) is 0 Å². The van der Waals surface area contributed by atoms with Gasteiger partial charge in [0.25, 0.3) is 5.91 Å². The second-order valence-electron chi connectivity index (χ2n) is 4.71. The third kappa shape index (κ3) is 5.33. The van der Waals surface area contributed by atoms with Crippen LogP contribution in [-0.2, 0) is 4.79 Å². The minimum Gasteiger partial charge on any atom is -0.294 e. The predicted octanol–water partition coefficient (Wildman–Crippen LogP) is 3.18. The molecule has 0 aliphatic heterocycles. The van der Waals surface area contributed by atoms with Crippen molar-refractivity contribution in [2.45, 2.75) is 6.42 Å². The monoisotopic (exact) mass is 308 g/mol. The van der Waals surface area contributed by atoms with Crippen LogP contribution in [0.4, 0.5) is 5.69 Å². The van der Waals surface area contributed by atoms with Gasteiger partial charge in [0, 0.05) is 24.3 Å². The van der Waals surface area contributed by atoms with Crippen molar-refractivity contribution in [1.29, 1.82) is 0 Å². The summed E-state index contributed by atoms with van der Waals surface area (Å²) in [7, 11) is 0. The average molecular weight is 308 g/mol. The number of benzene rings is 2. The number of hydroxylamine groups is 1. The Kier molecular flexibility index (Phi) is 5.97. The Bertz CT molecular complexity index is 720. The van der Waals surface area contributed by atoms with Crippen molar-refractivity contribution >= 4 is 29.7 Å². The molecule has 23 heavy (non-hydrogen) atoms.